The third-order valence-corrected chi connectivity index (χ3v) is 8.99. The average molecular weight is 1050 g/mol. The van der Waals surface area contributed by atoms with E-state index in [-0.39, 0.29) is 0 Å². The molecule has 0 fully saturated rings. The molecule has 0 saturated heterocycles. The van der Waals surface area contributed by atoms with Crippen LogP contribution in [0.2, 0.25) is 0 Å². The van der Waals surface area contributed by atoms with E-state index in [0.717, 1.165) is 22.1 Å². The fraction of sp³-hybridized carbons (Fsp3) is 0.611. The predicted molar refractivity (Wildman–Crippen MR) is 183 cm³/mol. The zero-order chi connectivity index (χ0) is 54.0. The maximum absolute atomic E-state index is 13.7. The van der Waals surface area contributed by atoms with Crippen LogP contribution >= 0.6 is 7.60 Å². The standard InChI is InChI=1S/C16H8F25O3P.2C10H16N/c17-5(18,1-2-6(19,20)9(25,26)13(33,34)14(35,36)15(37,38)16(39,40)41)8(23,24)11(29,30)12(31,32)10(27,28)7(21,22)3-4-45(42,43)44;2*1-11(2,3)9-10-7-5-4-6-8-10/h1-2H,3-4H2,(H2,42,43,44);2*4-8H,9H2,1-3H3/q;2*+1/p-2. The number of allylic oxidation sites excluding steroid dienone is 2. The van der Waals surface area contributed by atoms with Crippen LogP contribution in [-0.4, -0.2) is 129 Å². The van der Waals surface area contributed by atoms with Crippen molar-refractivity contribution in [1.82, 2.24) is 0 Å². The first-order chi connectivity index (χ1) is 29.1. The molecule has 0 unspecified atom stereocenters. The number of rotatable bonds is 18. The summed E-state index contributed by atoms with van der Waals surface area (Å²) >= 11 is 0. The minimum atomic E-state index is -8.77. The van der Waals surface area contributed by atoms with Crippen LogP contribution in [0, 0.1) is 0 Å². The minimum absolute atomic E-state index is 0.990. The highest BCUT2D eigenvalue weighted by atomic mass is 31.2. The van der Waals surface area contributed by atoms with Crippen molar-refractivity contribution >= 4 is 7.60 Å². The van der Waals surface area contributed by atoms with Gasteiger partial charge in [-0.1, -0.05) is 68.3 Å². The van der Waals surface area contributed by atoms with Gasteiger partial charge in [0.15, 0.2) is 0 Å². The van der Waals surface area contributed by atoms with Gasteiger partial charge in [0.25, 0.3) is 0 Å². The normalized spacial score (nSPS) is 15.2. The molecule has 0 aliphatic carbocycles. The molecule has 0 amide bonds. The van der Waals surface area contributed by atoms with Gasteiger partial charge in [-0.25, -0.2) is 0 Å². The van der Waals surface area contributed by atoms with Crippen molar-refractivity contribution in [1.29, 1.82) is 0 Å². The molecule has 390 valence electrons. The lowest BCUT2D eigenvalue weighted by Crippen LogP contribution is -2.70. The van der Waals surface area contributed by atoms with Gasteiger partial charge in [0.2, 0.25) is 0 Å². The molecule has 31 heteroatoms. The van der Waals surface area contributed by atoms with Crippen molar-refractivity contribution in [2.75, 3.05) is 48.4 Å². The molecule has 5 nitrogen and oxygen atoms in total. The summed E-state index contributed by atoms with van der Waals surface area (Å²) in [5.74, 6) is -91.2. The minimum Gasteiger partial charge on any atom is -0.811 e. The van der Waals surface area contributed by atoms with Gasteiger partial charge in [-0.2, -0.15) is 110 Å². The monoisotopic (exact) mass is 1050 g/mol. The largest absolute Gasteiger partial charge is 0.811 e. The zero-order valence-corrected chi connectivity index (χ0v) is 35.7. The fourth-order valence-corrected chi connectivity index (χ4v) is 5.28. The molecule has 0 N–H and O–H groups in total. The van der Waals surface area contributed by atoms with Gasteiger partial charge in [-0.15, -0.1) is 0 Å². The molecule has 67 heavy (non-hydrogen) atoms. The molecule has 2 rings (SSSR count). The van der Waals surface area contributed by atoms with Crippen molar-refractivity contribution in [3.05, 3.63) is 83.9 Å². The summed E-state index contributed by atoms with van der Waals surface area (Å²) in [5.41, 5.74) is 2.81. The van der Waals surface area contributed by atoms with Crippen LogP contribution in [0.3, 0.4) is 0 Å². The molecule has 0 aliphatic heterocycles. The van der Waals surface area contributed by atoms with Crippen LogP contribution in [0.4, 0.5) is 110 Å². The van der Waals surface area contributed by atoms with Crippen molar-refractivity contribution in [3.63, 3.8) is 0 Å². The second-order valence-corrected chi connectivity index (χ2v) is 18.0. The number of benzene rings is 2. The van der Waals surface area contributed by atoms with Crippen LogP contribution in [-0.2, 0) is 17.7 Å². The summed E-state index contributed by atoms with van der Waals surface area (Å²) in [7, 11) is 6.79. The predicted octanol–water partition coefficient (Wildman–Crippen LogP) is 11.2. The van der Waals surface area contributed by atoms with E-state index in [4.69, 9.17) is 0 Å². The lowest BCUT2D eigenvalue weighted by atomic mass is 9.89. The summed E-state index contributed by atoms with van der Waals surface area (Å²) in [6.07, 6.45) is -20.3. The lowest BCUT2D eigenvalue weighted by Gasteiger charge is -2.41. The molecule has 2 aromatic rings. The van der Waals surface area contributed by atoms with Gasteiger partial charge < -0.3 is 23.3 Å². The number of alkyl halides is 25. The lowest BCUT2D eigenvalue weighted by molar-refractivity contribution is -0.884. The zero-order valence-electron chi connectivity index (χ0n) is 34.8. The Morgan fingerprint density at radius 2 is 0.672 bits per heavy atom. The first-order valence-corrected chi connectivity index (χ1v) is 19.4. The van der Waals surface area contributed by atoms with Crippen molar-refractivity contribution in [2.24, 2.45) is 0 Å². The Labute approximate surface area is 364 Å². The smallest absolute Gasteiger partial charge is 0.460 e. The van der Waals surface area contributed by atoms with E-state index < -0.39 is 104 Å². The summed E-state index contributed by atoms with van der Waals surface area (Å²) in [4.78, 5) is 20.4. The van der Waals surface area contributed by atoms with Crippen LogP contribution in [0.1, 0.15) is 17.5 Å². The molecule has 0 saturated carbocycles. The van der Waals surface area contributed by atoms with Gasteiger partial charge in [0.1, 0.15) is 13.1 Å². The summed E-state index contributed by atoms with van der Waals surface area (Å²) in [6, 6.07) is 21.1. The first kappa shape index (κ1) is 63.5. The molecule has 0 aromatic heterocycles. The Kier molecular flexibility index (Phi) is 19.0. The van der Waals surface area contributed by atoms with E-state index in [0.29, 0.717) is 0 Å². The Hall–Kier alpha value is -3.50. The molecule has 2 aromatic carbocycles. The molecule has 0 heterocycles. The Balaban J connectivity index is 0.00000158. The topological polar surface area (TPSA) is 63.2 Å². The average Bonchev–Trinajstić information content (AvgIpc) is 3.12. The Morgan fingerprint density at radius 1 is 0.418 bits per heavy atom. The van der Waals surface area contributed by atoms with E-state index in [9.17, 15) is 124 Å². The molecule has 0 spiro atoms. The quantitative estimate of drug-likeness (QED) is 0.0647. The summed E-state index contributed by atoms with van der Waals surface area (Å²) in [5, 5.41) is 0. The highest BCUT2D eigenvalue weighted by Crippen LogP contribution is 2.63. The van der Waals surface area contributed by atoms with E-state index in [1.807, 2.05) is 0 Å². The van der Waals surface area contributed by atoms with Gasteiger partial charge in [-0.05, 0) is 18.3 Å². The molecular weight excluding hydrogens is 1010 g/mol. The summed E-state index contributed by atoms with van der Waals surface area (Å²) < 4.78 is 343. The van der Waals surface area contributed by atoms with E-state index >= 15 is 0 Å². The second-order valence-electron chi connectivity index (χ2n) is 16.3. The second kappa shape index (κ2) is 20.1. The Morgan fingerprint density at radius 3 is 0.910 bits per heavy atom. The number of halogens is 25. The van der Waals surface area contributed by atoms with Crippen LogP contribution in [0.15, 0.2) is 72.8 Å². The van der Waals surface area contributed by atoms with Crippen molar-refractivity contribution in [2.45, 2.75) is 90.8 Å². The molecule has 0 radical (unpaired) electrons. The highest BCUT2D eigenvalue weighted by Gasteiger charge is 2.92. The van der Waals surface area contributed by atoms with Crippen LogP contribution in [0.5, 0.6) is 0 Å². The van der Waals surface area contributed by atoms with E-state index in [2.05, 4.69) is 103 Å². The molecule has 0 aliphatic rings. The number of quaternary nitrogens is 2. The number of hydrogen-bond donors (Lipinski definition) is 0. The van der Waals surface area contributed by atoms with Crippen LogP contribution in [0.25, 0.3) is 0 Å². The van der Waals surface area contributed by atoms with Gasteiger partial charge in [0.05, 0.1) is 42.3 Å². The maximum atomic E-state index is 13.7. The van der Waals surface area contributed by atoms with Crippen molar-refractivity contribution < 1.29 is 133 Å². The fourth-order valence-electron chi connectivity index (χ4n) is 4.73. The van der Waals surface area contributed by atoms with E-state index in [1.165, 1.54) is 11.1 Å². The van der Waals surface area contributed by atoms with E-state index in [1.54, 1.807) is 0 Å². The maximum Gasteiger partial charge on any atom is 0.460 e. The SMILES string of the molecule is C[N+](C)(C)Cc1ccccc1.C[N+](C)(C)Cc1ccccc1.O=P([O-])([O-])CCC(F)(F)C(F)(F)C(F)(F)C(F)(F)C(F)(F)C(F)(F)C=CC(F)(F)C(F)(F)C(F)(F)C(F)(F)C(F)(F)C(F)(F)F. The summed E-state index contributed by atoms with van der Waals surface area (Å²) in [6.45, 7) is 2.20. The first-order valence-electron chi connectivity index (χ1n) is 17.7. The third kappa shape index (κ3) is 14.3. The van der Waals surface area contributed by atoms with Crippen LogP contribution < -0.4 is 9.79 Å². The molecule has 0 atom stereocenters. The Bertz CT molecular complexity index is 1900. The van der Waals surface area contributed by atoms with Gasteiger partial charge >= 0.3 is 71.3 Å². The van der Waals surface area contributed by atoms with Crippen molar-refractivity contribution in [3.8, 4) is 0 Å². The number of hydrogen-bond acceptors (Lipinski definition) is 3. The highest BCUT2D eigenvalue weighted by molar-refractivity contribution is 7.48. The third-order valence-electron chi connectivity index (χ3n) is 8.22. The van der Waals surface area contributed by atoms with Gasteiger partial charge in [0, 0.05) is 17.5 Å². The number of nitrogens with zero attached hydrogens (tertiary/aromatic N) is 2. The van der Waals surface area contributed by atoms with Gasteiger partial charge in [-0.3, -0.25) is 0 Å². The molecular formula is C36H38F25N2O3P. The molecule has 0 bridgehead atoms.